The molecule has 0 spiro atoms. The van der Waals surface area contributed by atoms with E-state index in [9.17, 15) is 9.90 Å². The van der Waals surface area contributed by atoms with Crippen molar-refractivity contribution >= 4 is 17.3 Å². The second-order valence-electron chi connectivity index (χ2n) is 19.6. The fraction of sp³-hybridized carbons (Fsp3) is 0.786. The average Bonchev–Trinajstić information content (AvgIpc) is 3.76. The lowest BCUT2D eigenvalue weighted by atomic mass is 9.34. The summed E-state index contributed by atoms with van der Waals surface area (Å²) >= 11 is 1.67. The molecule has 4 fully saturated rings. The number of carboxylic acid groups (broad SMARTS) is 1. The van der Waals surface area contributed by atoms with Gasteiger partial charge in [0.15, 0.2) is 5.82 Å². The number of rotatable bonds is 9. The highest BCUT2D eigenvalue weighted by Crippen LogP contribution is 2.75. The number of aromatic nitrogens is 3. The van der Waals surface area contributed by atoms with E-state index in [1.165, 1.54) is 5.57 Å². The molecule has 3 saturated carbocycles. The van der Waals surface area contributed by atoms with Gasteiger partial charge in [0.05, 0.1) is 37.9 Å². The first-order valence-corrected chi connectivity index (χ1v) is 20.7. The van der Waals surface area contributed by atoms with Crippen molar-refractivity contribution in [3.8, 4) is 11.4 Å². The van der Waals surface area contributed by atoms with Crippen LogP contribution in [0.2, 0.25) is 0 Å². The van der Waals surface area contributed by atoms with E-state index in [4.69, 9.17) is 25.3 Å². The number of carboxylic acids is 1. The molecule has 5 aliphatic rings. The molecule has 2 bridgehead atoms. The summed E-state index contributed by atoms with van der Waals surface area (Å²) in [5.41, 5.74) is 7.68. The minimum atomic E-state index is -0.627. The fourth-order valence-electron chi connectivity index (χ4n) is 12.6. The van der Waals surface area contributed by atoms with Crippen LogP contribution in [-0.4, -0.2) is 57.3 Å². The summed E-state index contributed by atoms with van der Waals surface area (Å²) in [5, 5.41) is 20.4. The van der Waals surface area contributed by atoms with E-state index in [-0.39, 0.29) is 45.6 Å². The molecule has 12 atom stereocenters. The number of ether oxygens (including phenoxy) is 2. The van der Waals surface area contributed by atoms with Gasteiger partial charge in [0.1, 0.15) is 6.33 Å². The number of allylic oxidation sites excluding steroid dienone is 1. The summed E-state index contributed by atoms with van der Waals surface area (Å²) in [6, 6.07) is 2.06. The van der Waals surface area contributed by atoms with E-state index in [0.29, 0.717) is 37.6 Å². The lowest BCUT2D eigenvalue weighted by molar-refractivity contribution is -0.254. The first-order chi connectivity index (χ1) is 23.9. The standard InChI is InChI=1S/C42H64N4O4S/c1-25(2)27(5)38(7)16-17-39(8)29-11-12-32-37(6)19-31(46-35(44-24-45-46)28-14-18-51-20-28)34(50-22-41(10,43)26(3)4)42(32,23-49-21-37)30(29)13-15-40(39,9)33(38)36(47)48/h13-14,18,20,24-27,29,31-34H,11-12,15-17,19,21-23,43H2,1-10H3,(H,47,48)/t27-,29+,31-,32-,33-,34+,37-,38-,39-,40+,41+,42+/m1/s1. The van der Waals surface area contributed by atoms with E-state index in [1.54, 1.807) is 17.7 Å². The van der Waals surface area contributed by atoms with Crippen molar-refractivity contribution in [2.75, 3.05) is 19.8 Å². The van der Waals surface area contributed by atoms with Crippen LogP contribution in [0.15, 0.2) is 34.8 Å². The third-order valence-electron chi connectivity index (χ3n) is 16.6. The maximum absolute atomic E-state index is 13.6. The first kappa shape index (κ1) is 37.3. The zero-order valence-corrected chi connectivity index (χ0v) is 33.7. The normalized spacial score (nSPS) is 42.4. The Labute approximate surface area is 310 Å². The second-order valence-corrected chi connectivity index (χ2v) is 20.4. The number of nitrogens with two attached hydrogens (primary N) is 1. The molecule has 4 aliphatic carbocycles. The summed E-state index contributed by atoms with van der Waals surface area (Å²) in [7, 11) is 0. The molecule has 0 aromatic carbocycles. The Bertz CT molecular complexity index is 1650. The van der Waals surface area contributed by atoms with Crippen molar-refractivity contribution in [2.45, 2.75) is 125 Å². The van der Waals surface area contributed by atoms with E-state index < -0.39 is 22.8 Å². The molecule has 1 saturated heterocycles. The number of hydrogen-bond acceptors (Lipinski definition) is 7. The van der Waals surface area contributed by atoms with Crippen LogP contribution in [0.1, 0.15) is 114 Å². The van der Waals surface area contributed by atoms with Crippen molar-refractivity contribution in [2.24, 2.45) is 68.3 Å². The van der Waals surface area contributed by atoms with Gasteiger partial charge in [0, 0.05) is 21.9 Å². The topological polar surface area (TPSA) is 112 Å². The van der Waals surface area contributed by atoms with Gasteiger partial charge in [-0.25, -0.2) is 9.67 Å². The molecular weight excluding hydrogens is 657 g/mol. The zero-order valence-electron chi connectivity index (χ0n) is 32.9. The van der Waals surface area contributed by atoms with Crippen LogP contribution in [0.4, 0.5) is 0 Å². The molecule has 3 heterocycles. The Morgan fingerprint density at radius 3 is 2.53 bits per heavy atom. The maximum Gasteiger partial charge on any atom is 0.307 e. The van der Waals surface area contributed by atoms with Crippen molar-refractivity contribution in [3.63, 3.8) is 0 Å². The molecule has 8 nitrogen and oxygen atoms in total. The molecule has 2 aromatic rings. The molecule has 0 radical (unpaired) electrons. The SMILES string of the molecule is CC(C)[C@@H](C)[C@@]1(C)CC[C@]2(C)[C@H]3CC[C@@H]4[C@@]5(C)COC[C@@]4(C3=CC[C@@]2(C)[C@@H]1C(=O)O)[C@@H](OC[C@](C)(N)C(C)C)[C@H](n1ncnc1-c1ccsc1)C5. The smallest absolute Gasteiger partial charge is 0.307 e. The van der Waals surface area contributed by atoms with E-state index in [0.717, 1.165) is 49.9 Å². The van der Waals surface area contributed by atoms with Gasteiger partial charge in [-0.1, -0.05) is 74.0 Å². The largest absolute Gasteiger partial charge is 0.481 e. The third-order valence-corrected chi connectivity index (χ3v) is 17.3. The third kappa shape index (κ3) is 5.24. The molecule has 9 heteroatoms. The number of nitrogens with zero attached hydrogens (tertiary/aromatic N) is 3. The summed E-state index contributed by atoms with van der Waals surface area (Å²) < 4.78 is 16.3. The quantitative estimate of drug-likeness (QED) is 0.249. The molecule has 3 N–H and O–H groups in total. The Morgan fingerprint density at radius 1 is 1.14 bits per heavy atom. The highest BCUT2D eigenvalue weighted by Gasteiger charge is 2.72. The Morgan fingerprint density at radius 2 is 1.88 bits per heavy atom. The predicted octanol–water partition coefficient (Wildman–Crippen LogP) is 8.89. The van der Waals surface area contributed by atoms with Gasteiger partial charge in [-0.15, -0.1) is 0 Å². The first-order valence-electron chi connectivity index (χ1n) is 19.7. The number of thiophene rings is 1. The van der Waals surface area contributed by atoms with E-state index in [2.05, 4.69) is 96.8 Å². The van der Waals surface area contributed by atoms with Crippen molar-refractivity contribution in [3.05, 3.63) is 34.8 Å². The summed E-state index contributed by atoms with van der Waals surface area (Å²) in [4.78, 5) is 18.4. The molecule has 282 valence electrons. The van der Waals surface area contributed by atoms with Crippen LogP contribution in [0, 0.1) is 62.6 Å². The van der Waals surface area contributed by atoms with Crippen molar-refractivity contribution in [1.29, 1.82) is 0 Å². The highest BCUT2D eigenvalue weighted by molar-refractivity contribution is 7.08. The Kier molecular flexibility index (Phi) is 9.12. The lowest BCUT2D eigenvalue weighted by Crippen LogP contribution is -2.70. The van der Waals surface area contributed by atoms with Crippen molar-refractivity contribution < 1.29 is 19.4 Å². The van der Waals surface area contributed by atoms with Gasteiger partial charge >= 0.3 is 5.97 Å². The number of hydrogen-bond donors (Lipinski definition) is 2. The van der Waals surface area contributed by atoms with Crippen LogP contribution in [0.25, 0.3) is 11.4 Å². The van der Waals surface area contributed by atoms with Gasteiger partial charge in [-0.05, 0) is 108 Å². The Balaban J connectivity index is 1.40. The second kappa shape index (κ2) is 12.5. The van der Waals surface area contributed by atoms with E-state index in [1.807, 2.05) is 0 Å². The minimum Gasteiger partial charge on any atom is -0.481 e. The Hall–Kier alpha value is -2.07. The summed E-state index contributed by atoms with van der Waals surface area (Å²) in [5.74, 6) is 1.39. The molecule has 51 heavy (non-hydrogen) atoms. The van der Waals surface area contributed by atoms with Gasteiger partial charge in [0.25, 0.3) is 0 Å². The molecular formula is C42H64N4O4S. The van der Waals surface area contributed by atoms with Crippen LogP contribution >= 0.6 is 11.3 Å². The van der Waals surface area contributed by atoms with Crippen LogP contribution in [0.3, 0.4) is 0 Å². The van der Waals surface area contributed by atoms with Crippen molar-refractivity contribution in [1.82, 2.24) is 14.8 Å². The zero-order chi connectivity index (χ0) is 36.9. The van der Waals surface area contributed by atoms with Gasteiger partial charge in [-0.3, -0.25) is 4.79 Å². The molecule has 0 unspecified atom stereocenters. The lowest BCUT2D eigenvalue weighted by Gasteiger charge is -2.71. The average molecular weight is 721 g/mol. The summed E-state index contributed by atoms with van der Waals surface area (Å²) in [6.45, 7) is 24.5. The van der Waals surface area contributed by atoms with E-state index >= 15 is 0 Å². The van der Waals surface area contributed by atoms with Crippen LogP contribution in [0.5, 0.6) is 0 Å². The molecule has 7 rings (SSSR count). The van der Waals surface area contributed by atoms with Crippen LogP contribution in [-0.2, 0) is 14.3 Å². The summed E-state index contributed by atoms with van der Waals surface area (Å²) in [6.07, 6.45) is 9.71. The molecule has 2 aromatic heterocycles. The van der Waals surface area contributed by atoms with Gasteiger partial charge in [0.2, 0.25) is 0 Å². The van der Waals surface area contributed by atoms with Crippen LogP contribution < -0.4 is 5.73 Å². The number of carbonyl (C=O) groups is 1. The van der Waals surface area contributed by atoms with Gasteiger partial charge in [-0.2, -0.15) is 16.4 Å². The number of aliphatic carboxylic acids is 1. The monoisotopic (exact) mass is 720 g/mol. The maximum atomic E-state index is 13.6. The number of fused-ring (bicyclic) bond motifs is 3. The molecule has 1 aliphatic heterocycles. The highest BCUT2D eigenvalue weighted by atomic mass is 32.1. The van der Waals surface area contributed by atoms with Gasteiger partial charge < -0.3 is 20.3 Å². The molecule has 0 amide bonds. The minimum absolute atomic E-state index is 0.0652. The predicted molar refractivity (Wildman–Crippen MR) is 203 cm³/mol. The fourth-order valence-corrected chi connectivity index (χ4v) is 13.3.